The maximum Gasteiger partial charge on any atom is 0.224 e. The lowest BCUT2D eigenvalue weighted by Gasteiger charge is -2.37. The van der Waals surface area contributed by atoms with Gasteiger partial charge in [0, 0.05) is 46.3 Å². The van der Waals surface area contributed by atoms with Crippen LogP contribution in [0.3, 0.4) is 0 Å². The quantitative estimate of drug-likeness (QED) is 0.381. The van der Waals surface area contributed by atoms with Crippen molar-refractivity contribution in [2.45, 2.75) is 6.42 Å². The summed E-state index contributed by atoms with van der Waals surface area (Å²) in [6, 6.07) is 13.3. The van der Waals surface area contributed by atoms with E-state index in [0.29, 0.717) is 18.8 Å². The molecule has 1 amide bonds. The van der Waals surface area contributed by atoms with Crippen molar-refractivity contribution >= 4 is 17.6 Å². The van der Waals surface area contributed by atoms with Crippen LogP contribution in [-0.2, 0) is 11.2 Å². The number of carbonyl (C=O) groups is 1. The third kappa shape index (κ3) is 5.85. The number of para-hydroxylation sites is 2. The predicted octanol–water partition coefficient (Wildman–Crippen LogP) is 1.59. The molecule has 1 heterocycles. The zero-order valence-corrected chi connectivity index (χ0v) is 17.1. The molecule has 3 rings (SSSR count). The molecule has 0 radical (unpaired) electrons. The summed E-state index contributed by atoms with van der Waals surface area (Å²) in [5.74, 6) is 0.676. The van der Waals surface area contributed by atoms with E-state index in [1.54, 1.807) is 25.2 Å². The minimum atomic E-state index is -0.309. The SMILES string of the molecule is CN=C(NCCNC(=O)Cc1ccc(F)cc1)N1CCN(c2ccccc2O)CC1. The summed E-state index contributed by atoms with van der Waals surface area (Å²) in [6.45, 7) is 4.16. The van der Waals surface area contributed by atoms with E-state index in [0.717, 1.165) is 43.4 Å². The Kier molecular flexibility index (Phi) is 7.48. The number of nitrogens with one attached hydrogen (secondary N) is 2. The van der Waals surface area contributed by atoms with E-state index in [1.165, 1.54) is 12.1 Å². The Morgan fingerprint density at radius 2 is 1.70 bits per heavy atom. The van der Waals surface area contributed by atoms with Gasteiger partial charge < -0.3 is 25.5 Å². The van der Waals surface area contributed by atoms with Crippen molar-refractivity contribution in [3.8, 4) is 5.75 Å². The number of hydrogen-bond donors (Lipinski definition) is 3. The Balaban J connectivity index is 1.38. The van der Waals surface area contributed by atoms with Gasteiger partial charge in [-0.05, 0) is 29.8 Å². The number of carbonyl (C=O) groups excluding carboxylic acids is 1. The number of anilines is 1. The number of rotatable bonds is 6. The van der Waals surface area contributed by atoms with Crippen molar-refractivity contribution in [2.24, 2.45) is 4.99 Å². The van der Waals surface area contributed by atoms with Crippen LogP contribution in [0.1, 0.15) is 5.56 Å². The largest absolute Gasteiger partial charge is 0.506 e. The van der Waals surface area contributed by atoms with Crippen LogP contribution in [0.5, 0.6) is 5.75 Å². The van der Waals surface area contributed by atoms with Gasteiger partial charge in [-0.1, -0.05) is 24.3 Å². The number of benzene rings is 2. The van der Waals surface area contributed by atoms with Crippen molar-refractivity contribution in [3.05, 3.63) is 59.9 Å². The number of nitrogens with zero attached hydrogens (tertiary/aromatic N) is 3. The smallest absolute Gasteiger partial charge is 0.224 e. The van der Waals surface area contributed by atoms with Gasteiger partial charge in [-0.25, -0.2) is 4.39 Å². The lowest BCUT2D eigenvalue weighted by Crippen LogP contribution is -2.53. The van der Waals surface area contributed by atoms with Crippen LogP contribution in [0.15, 0.2) is 53.5 Å². The highest BCUT2D eigenvalue weighted by Crippen LogP contribution is 2.27. The van der Waals surface area contributed by atoms with Crippen molar-refractivity contribution in [1.82, 2.24) is 15.5 Å². The molecule has 2 aromatic carbocycles. The summed E-state index contributed by atoms with van der Waals surface area (Å²) in [5, 5.41) is 16.2. The molecule has 1 aliphatic heterocycles. The summed E-state index contributed by atoms with van der Waals surface area (Å²) < 4.78 is 12.9. The van der Waals surface area contributed by atoms with Gasteiger partial charge in [0.25, 0.3) is 0 Å². The molecule has 0 bridgehead atoms. The van der Waals surface area contributed by atoms with E-state index >= 15 is 0 Å². The van der Waals surface area contributed by atoms with E-state index in [-0.39, 0.29) is 18.1 Å². The molecule has 0 aromatic heterocycles. The Bertz CT molecular complexity index is 864. The number of aliphatic imine (C=N–C) groups is 1. The average molecular weight is 413 g/mol. The van der Waals surface area contributed by atoms with E-state index in [9.17, 15) is 14.3 Å². The Morgan fingerprint density at radius 3 is 2.37 bits per heavy atom. The monoisotopic (exact) mass is 413 g/mol. The fourth-order valence-corrected chi connectivity index (χ4v) is 3.45. The normalized spacial score (nSPS) is 14.5. The van der Waals surface area contributed by atoms with Crippen molar-refractivity contribution in [3.63, 3.8) is 0 Å². The van der Waals surface area contributed by atoms with Gasteiger partial charge >= 0.3 is 0 Å². The minimum absolute atomic E-state index is 0.102. The lowest BCUT2D eigenvalue weighted by atomic mass is 10.1. The molecule has 160 valence electrons. The zero-order chi connectivity index (χ0) is 21.3. The molecule has 8 heteroatoms. The van der Waals surface area contributed by atoms with Crippen LogP contribution in [0.4, 0.5) is 10.1 Å². The number of hydrogen-bond acceptors (Lipinski definition) is 4. The third-order valence-corrected chi connectivity index (χ3v) is 5.02. The molecule has 0 aliphatic carbocycles. The lowest BCUT2D eigenvalue weighted by molar-refractivity contribution is -0.120. The third-order valence-electron chi connectivity index (χ3n) is 5.02. The minimum Gasteiger partial charge on any atom is -0.506 e. The number of phenolic OH excluding ortho intramolecular Hbond substituents is 1. The Hall–Kier alpha value is -3.29. The van der Waals surface area contributed by atoms with E-state index in [4.69, 9.17) is 0 Å². The van der Waals surface area contributed by atoms with E-state index in [1.807, 2.05) is 18.2 Å². The number of amides is 1. The van der Waals surface area contributed by atoms with Gasteiger partial charge in [0.1, 0.15) is 11.6 Å². The van der Waals surface area contributed by atoms with E-state index in [2.05, 4.69) is 25.4 Å². The van der Waals surface area contributed by atoms with Crippen molar-refractivity contribution in [1.29, 1.82) is 0 Å². The van der Waals surface area contributed by atoms with Gasteiger partial charge in [-0.15, -0.1) is 0 Å². The number of phenols is 1. The first kappa shape index (κ1) is 21.4. The highest BCUT2D eigenvalue weighted by atomic mass is 19.1. The molecule has 0 spiro atoms. The molecule has 0 atom stereocenters. The second-order valence-corrected chi connectivity index (χ2v) is 7.09. The number of aromatic hydroxyl groups is 1. The molecule has 30 heavy (non-hydrogen) atoms. The van der Waals surface area contributed by atoms with Gasteiger partial charge in [0.05, 0.1) is 12.1 Å². The van der Waals surface area contributed by atoms with Crippen LogP contribution >= 0.6 is 0 Å². The summed E-state index contributed by atoms with van der Waals surface area (Å²) >= 11 is 0. The van der Waals surface area contributed by atoms with Gasteiger partial charge in [0.2, 0.25) is 5.91 Å². The average Bonchev–Trinajstić information content (AvgIpc) is 2.76. The second-order valence-electron chi connectivity index (χ2n) is 7.09. The first-order valence-corrected chi connectivity index (χ1v) is 10.1. The molecule has 2 aromatic rings. The zero-order valence-electron chi connectivity index (χ0n) is 17.1. The van der Waals surface area contributed by atoms with E-state index < -0.39 is 0 Å². The fourth-order valence-electron chi connectivity index (χ4n) is 3.45. The van der Waals surface area contributed by atoms with Crippen LogP contribution in [0.2, 0.25) is 0 Å². The van der Waals surface area contributed by atoms with Crippen LogP contribution < -0.4 is 15.5 Å². The number of halogens is 1. The molecule has 1 fully saturated rings. The molecule has 0 unspecified atom stereocenters. The van der Waals surface area contributed by atoms with Gasteiger partial charge in [0.15, 0.2) is 5.96 Å². The second kappa shape index (κ2) is 10.5. The summed E-state index contributed by atoms with van der Waals surface area (Å²) in [7, 11) is 1.74. The van der Waals surface area contributed by atoms with Gasteiger partial charge in [-0.2, -0.15) is 0 Å². The Labute approximate surface area is 176 Å². The number of guanidine groups is 1. The highest BCUT2D eigenvalue weighted by Gasteiger charge is 2.21. The van der Waals surface area contributed by atoms with Crippen LogP contribution in [0.25, 0.3) is 0 Å². The Morgan fingerprint density at radius 1 is 1.03 bits per heavy atom. The number of piperazine rings is 1. The summed E-state index contributed by atoms with van der Waals surface area (Å²) in [4.78, 5) is 20.7. The molecule has 3 N–H and O–H groups in total. The fraction of sp³-hybridized carbons (Fsp3) is 0.364. The van der Waals surface area contributed by atoms with Crippen molar-refractivity contribution in [2.75, 3.05) is 51.2 Å². The van der Waals surface area contributed by atoms with Crippen molar-refractivity contribution < 1.29 is 14.3 Å². The molecule has 7 nitrogen and oxygen atoms in total. The molecule has 0 saturated carbocycles. The summed E-state index contributed by atoms with van der Waals surface area (Å²) in [5.41, 5.74) is 1.63. The first-order valence-electron chi connectivity index (χ1n) is 10.1. The maximum absolute atomic E-state index is 12.9. The molecule has 1 saturated heterocycles. The topological polar surface area (TPSA) is 80.2 Å². The standard InChI is InChI=1S/C22H28FN5O2/c1-24-22(26-11-10-25-21(30)16-17-6-8-18(23)9-7-17)28-14-12-27(13-15-28)19-4-2-3-5-20(19)29/h2-9,29H,10-16H2,1H3,(H,24,26)(H,25,30). The van der Waals surface area contributed by atoms with Crippen LogP contribution in [0, 0.1) is 5.82 Å². The maximum atomic E-state index is 12.9. The molecular weight excluding hydrogens is 385 g/mol. The predicted molar refractivity (Wildman–Crippen MR) is 116 cm³/mol. The molecule has 1 aliphatic rings. The van der Waals surface area contributed by atoms with Crippen LogP contribution in [-0.4, -0.2) is 68.2 Å². The summed E-state index contributed by atoms with van der Waals surface area (Å²) in [6.07, 6.45) is 0.225. The van der Waals surface area contributed by atoms with Gasteiger partial charge in [-0.3, -0.25) is 9.79 Å². The highest BCUT2D eigenvalue weighted by molar-refractivity contribution is 5.81. The first-order chi connectivity index (χ1) is 14.6. The molecular formula is C22H28FN5O2.